The predicted octanol–water partition coefficient (Wildman–Crippen LogP) is 4.65. The largest absolute Gasteiger partial charge is 0.434 e. The van der Waals surface area contributed by atoms with Crippen molar-refractivity contribution in [3.05, 3.63) is 60.2 Å². The molecule has 0 N–H and O–H groups in total. The van der Waals surface area contributed by atoms with Crippen LogP contribution in [0, 0.1) is 0 Å². The highest BCUT2D eigenvalue weighted by atomic mass is 19.3. The number of hydrogen-bond acceptors (Lipinski definition) is 3. The van der Waals surface area contributed by atoms with E-state index in [4.69, 9.17) is 0 Å². The minimum Gasteiger partial charge on any atom is -0.434 e. The summed E-state index contributed by atoms with van der Waals surface area (Å²) < 4.78 is 31.4. The van der Waals surface area contributed by atoms with E-state index in [0.29, 0.717) is 24.1 Å². The molecule has 0 atom stereocenters. The summed E-state index contributed by atoms with van der Waals surface area (Å²) in [5, 5.41) is 4.54. The van der Waals surface area contributed by atoms with Crippen LogP contribution in [0.25, 0.3) is 22.5 Å². The Hall–Kier alpha value is -3.02. The molecule has 4 nitrogen and oxygen atoms in total. The summed E-state index contributed by atoms with van der Waals surface area (Å²) in [4.78, 5) is 11.0. The van der Waals surface area contributed by atoms with E-state index in [-0.39, 0.29) is 11.3 Å². The molecule has 1 aromatic heterocycles. The maximum Gasteiger partial charge on any atom is 0.387 e. The molecule has 0 saturated heterocycles. The lowest BCUT2D eigenvalue weighted by Gasteiger charge is -2.08. The monoisotopic (exact) mass is 342 g/mol. The normalized spacial score (nSPS) is 10.9. The van der Waals surface area contributed by atoms with Gasteiger partial charge in [0.1, 0.15) is 5.75 Å². The van der Waals surface area contributed by atoms with Crippen molar-refractivity contribution in [2.45, 2.75) is 20.1 Å². The molecule has 6 heteroatoms. The minimum atomic E-state index is -3.00. The van der Waals surface area contributed by atoms with Crippen LogP contribution in [0.5, 0.6) is 5.75 Å². The Morgan fingerprint density at radius 2 is 1.88 bits per heavy atom. The Morgan fingerprint density at radius 1 is 1.12 bits per heavy atom. The van der Waals surface area contributed by atoms with E-state index >= 15 is 0 Å². The summed E-state index contributed by atoms with van der Waals surface area (Å²) in [5.74, 6) is -0.158. The van der Waals surface area contributed by atoms with Crippen molar-refractivity contribution >= 4 is 6.29 Å². The molecule has 128 valence electrons. The maximum atomic E-state index is 12.6. The first-order chi connectivity index (χ1) is 12.1. The lowest BCUT2D eigenvalue weighted by atomic mass is 10.1. The highest BCUT2D eigenvalue weighted by molar-refractivity contribution is 5.82. The van der Waals surface area contributed by atoms with Gasteiger partial charge < -0.3 is 4.74 Å². The third-order valence-electron chi connectivity index (χ3n) is 3.80. The van der Waals surface area contributed by atoms with Gasteiger partial charge in [0, 0.05) is 12.1 Å². The van der Waals surface area contributed by atoms with Gasteiger partial charge in [-0.1, -0.05) is 36.4 Å². The second-order valence-electron chi connectivity index (χ2n) is 5.35. The average Bonchev–Trinajstić information content (AvgIpc) is 3.06. The summed E-state index contributed by atoms with van der Waals surface area (Å²) >= 11 is 0. The number of aromatic nitrogens is 2. The van der Waals surface area contributed by atoms with Crippen molar-refractivity contribution < 1.29 is 18.3 Å². The van der Waals surface area contributed by atoms with Crippen molar-refractivity contribution in [1.82, 2.24) is 9.78 Å². The number of halogens is 2. The number of benzene rings is 2. The maximum absolute atomic E-state index is 12.6. The van der Waals surface area contributed by atoms with E-state index in [2.05, 4.69) is 9.84 Å². The molecule has 0 fully saturated rings. The fraction of sp³-hybridized carbons (Fsp3) is 0.158. The summed E-state index contributed by atoms with van der Waals surface area (Å²) in [6.45, 7) is -0.358. The smallest absolute Gasteiger partial charge is 0.387 e. The number of alkyl halides is 2. The predicted molar refractivity (Wildman–Crippen MR) is 90.8 cm³/mol. The van der Waals surface area contributed by atoms with Gasteiger partial charge in [-0.3, -0.25) is 9.48 Å². The van der Waals surface area contributed by atoms with Crippen molar-refractivity contribution in [2.24, 2.45) is 0 Å². The fourth-order valence-electron chi connectivity index (χ4n) is 2.63. The molecule has 3 rings (SSSR count). The van der Waals surface area contributed by atoms with Crippen LogP contribution in [0.15, 0.2) is 54.6 Å². The van der Waals surface area contributed by atoms with Crippen molar-refractivity contribution in [3.63, 3.8) is 0 Å². The van der Waals surface area contributed by atoms with E-state index in [1.165, 1.54) is 12.1 Å². The Balaban J connectivity index is 2.05. The van der Waals surface area contributed by atoms with Crippen LogP contribution in [-0.2, 0) is 6.54 Å². The van der Waals surface area contributed by atoms with E-state index in [1.807, 2.05) is 48.0 Å². The van der Waals surface area contributed by atoms with Crippen LogP contribution in [0.4, 0.5) is 8.78 Å². The first-order valence-electron chi connectivity index (χ1n) is 7.80. The zero-order chi connectivity index (χ0) is 17.8. The molecule has 3 aromatic rings. The third-order valence-corrected chi connectivity index (χ3v) is 3.80. The number of rotatable bonds is 6. The molecular formula is C19H16F2N2O2. The number of aldehydes is 1. The summed E-state index contributed by atoms with van der Waals surface area (Å²) in [7, 11) is 0. The second kappa shape index (κ2) is 7.25. The van der Waals surface area contributed by atoms with E-state index in [9.17, 15) is 13.6 Å². The quantitative estimate of drug-likeness (QED) is 0.613. The molecule has 0 radical (unpaired) electrons. The van der Waals surface area contributed by atoms with Gasteiger partial charge in [0.25, 0.3) is 0 Å². The van der Waals surface area contributed by atoms with Crippen LogP contribution in [0.1, 0.15) is 17.3 Å². The molecule has 0 aliphatic carbocycles. The number of aryl methyl sites for hydroxylation is 1. The molecule has 0 aliphatic heterocycles. The van der Waals surface area contributed by atoms with Crippen molar-refractivity contribution in [1.29, 1.82) is 0 Å². The Bertz CT molecular complexity index is 876. The summed E-state index contributed by atoms with van der Waals surface area (Å²) in [6, 6.07) is 16.2. The molecule has 25 heavy (non-hydrogen) atoms. The van der Waals surface area contributed by atoms with Gasteiger partial charge in [-0.2, -0.15) is 13.9 Å². The second-order valence-corrected chi connectivity index (χ2v) is 5.35. The Kier molecular flexibility index (Phi) is 4.88. The topological polar surface area (TPSA) is 44.1 Å². The SMILES string of the molecule is CCn1nc(-c2ccc(C=O)c(OC(F)F)c2)cc1-c1ccccc1. The molecular weight excluding hydrogens is 326 g/mol. The zero-order valence-corrected chi connectivity index (χ0v) is 13.5. The van der Waals surface area contributed by atoms with Crippen LogP contribution in [0.2, 0.25) is 0 Å². The van der Waals surface area contributed by atoms with Crippen molar-refractivity contribution in [2.75, 3.05) is 0 Å². The van der Waals surface area contributed by atoms with Gasteiger partial charge in [0.2, 0.25) is 0 Å². The van der Waals surface area contributed by atoms with Crippen LogP contribution >= 0.6 is 0 Å². The van der Waals surface area contributed by atoms with Gasteiger partial charge in [-0.05, 0) is 30.7 Å². The lowest BCUT2D eigenvalue weighted by Crippen LogP contribution is -2.04. The van der Waals surface area contributed by atoms with Gasteiger partial charge in [-0.15, -0.1) is 0 Å². The van der Waals surface area contributed by atoms with E-state index in [0.717, 1.165) is 11.3 Å². The Morgan fingerprint density at radius 3 is 2.52 bits per heavy atom. The van der Waals surface area contributed by atoms with Gasteiger partial charge in [-0.25, -0.2) is 0 Å². The standard InChI is InChI=1S/C19H16F2N2O2/c1-2-23-17(13-6-4-3-5-7-13)11-16(22-23)14-8-9-15(12-24)18(10-14)25-19(20)21/h3-12,19H,2H2,1H3. The minimum absolute atomic E-state index is 0.0715. The van der Waals surface area contributed by atoms with E-state index < -0.39 is 6.61 Å². The number of hydrogen-bond donors (Lipinski definition) is 0. The van der Waals surface area contributed by atoms with E-state index in [1.54, 1.807) is 6.07 Å². The first-order valence-corrected chi connectivity index (χ1v) is 7.80. The fourth-order valence-corrected chi connectivity index (χ4v) is 2.63. The van der Waals surface area contributed by atoms with Crippen LogP contribution in [0.3, 0.4) is 0 Å². The van der Waals surface area contributed by atoms with Crippen LogP contribution in [-0.4, -0.2) is 22.7 Å². The van der Waals surface area contributed by atoms with Gasteiger partial charge in [0.15, 0.2) is 6.29 Å². The number of carbonyl (C=O) groups excluding carboxylic acids is 1. The number of ether oxygens (including phenoxy) is 1. The molecule has 0 unspecified atom stereocenters. The summed E-state index contributed by atoms with van der Waals surface area (Å²) in [6.07, 6.45) is 0.488. The molecule has 0 aliphatic rings. The number of carbonyl (C=O) groups is 1. The molecule has 0 spiro atoms. The van der Waals surface area contributed by atoms with Gasteiger partial charge >= 0.3 is 6.61 Å². The molecule has 0 amide bonds. The lowest BCUT2D eigenvalue weighted by molar-refractivity contribution is -0.0500. The number of nitrogens with zero attached hydrogens (tertiary/aromatic N) is 2. The molecule has 0 saturated carbocycles. The Labute approximate surface area is 143 Å². The zero-order valence-electron chi connectivity index (χ0n) is 13.5. The van der Waals surface area contributed by atoms with Crippen molar-refractivity contribution in [3.8, 4) is 28.3 Å². The van der Waals surface area contributed by atoms with Gasteiger partial charge in [0.05, 0.1) is 17.0 Å². The highest BCUT2D eigenvalue weighted by Crippen LogP contribution is 2.30. The molecule has 0 bridgehead atoms. The summed E-state index contributed by atoms with van der Waals surface area (Å²) in [5.41, 5.74) is 3.23. The van der Waals surface area contributed by atoms with Crippen LogP contribution < -0.4 is 4.74 Å². The molecule has 2 aromatic carbocycles. The average molecular weight is 342 g/mol. The third kappa shape index (κ3) is 3.57. The molecule has 1 heterocycles. The first kappa shape index (κ1) is 16.8. The highest BCUT2D eigenvalue weighted by Gasteiger charge is 2.14.